The molecule has 1 saturated heterocycles. The number of amides is 1. The highest BCUT2D eigenvalue weighted by molar-refractivity contribution is 5.77. The lowest BCUT2D eigenvalue weighted by atomic mass is 9.45. The third kappa shape index (κ3) is 2.08. The molecular formula is C20H33NO2. The van der Waals surface area contributed by atoms with Crippen molar-refractivity contribution in [1.82, 2.24) is 4.90 Å². The van der Waals surface area contributed by atoms with Crippen molar-refractivity contribution in [1.29, 1.82) is 0 Å². The first-order chi connectivity index (χ1) is 10.8. The van der Waals surface area contributed by atoms with Crippen LogP contribution in [0.25, 0.3) is 0 Å². The van der Waals surface area contributed by atoms with Crippen molar-refractivity contribution in [2.45, 2.75) is 77.9 Å². The van der Waals surface area contributed by atoms with Crippen molar-refractivity contribution in [2.75, 3.05) is 7.05 Å². The number of carbonyl (C=O) groups excluding carboxylic acids is 1. The molecule has 1 aliphatic heterocycles. The summed E-state index contributed by atoms with van der Waals surface area (Å²) in [5.74, 6) is 3.17. The second kappa shape index (κ2) is 4.97. The highest BCUT2D eigenvalue weighted by Gasteiger charge is 2.61. The fourth-order valence-corrected chi connectivity index (χ4v) is 7.49. The molecule has 1 amide bonds. The van der Waals surface area contributed by atoms with Crippen LogP contribution in [0.2, 0.25) is 0 Å². The van der Waals surface area contributed by atoms with Gasteiger partial charge in [-0.25, -0.2) is 0 Å². The zero-order valence-corrected chi connectivity index (χ0v) is 15.2. The minimum absolute atomic E-state index is 0.0860. The van der Waals surface area contributed by atoms with Crippen LogP contribution < -0.4 is 0 Å². The molecule has 0 bridgehead atoms. The molecule has 0 aromatic carbocycles. The maximum Gasteiger partial charge on any atom is 0.222 e. The maximum absolute atomic E-state index is 12.2. The Morgan fingerprint density at radius 2 is 1.91 bits per heavy atom. The van der Waals surface area contributed by atoms with E-state index in [0.717, 1.165) is 43.9 Å². The number of fused-ring (bicyclic) bond motifs is 5. The van der Waals surface area contributed by atoms with Crippen molar-refractivity contribution in [3.05, 3.63) is 0 Å². The Kier molecular flexibility index (Phi) is 3.44. The van der Waals surface area contributed by atoms with E-state index in [0.29, 0.717) is 29.2 Å². The second-order valence-electron chi connectivity index (χ2n) is 9.82. The predicted octanol–water partition coefficient (Wildman–Crippen LogP) is 3.46. The van der Waals surface area contributed by atoms with Crippen LogP contribution in [0, 0.1) is 34.5 Å². The first-order valence-electron chi connectivity index (χ1n) is 9.70. The fraction of sp³-hybridized carbons (Fsp3) is 0.950. The molecular weight excluding hydrogens is 286 g/mol. The van der Waals surface area contributed by atoms with Crippen LogP contribution in [0.3, 0.4) is 0 Å². The lowest BCUT2D eigenvalue weighted by molar-refractivity contribution is -0.164. The number of likely N-dealkylation sites (tertiary alicyclic amines) is 1. The molecule has 0 spiro atoms. The molecule has 130 valence electrons. The van der Waals surface area contributed by atoms with Gasteiger partial charge in [0, 0.05) is 19.5 Å². The summed E-state index contributed by atoms with van der Waals surface area (Å²) < 4.78 is 0. The molecule has 0 aromatic rings. The van der Waals surface area contributed by atoms with Gasteiger partial charge in [0.1, 0.15) is 0 Å². The zero-order chi connectivity index (χ0) is 16.6. The lowest BCUT2D eigenvalue weighted by Gasteiger charge is -2.63. The highest BCUT2D eigenvalue weighted by atomic mass is 16.3. The summed E-state index contributed by atoms with van der Waals surface area (Å²) in [4.78, 5) is 14.3. The summed E-state index contributed by atoms with van der Waals surface area (Å²) in [6.07, 6.45) is 7.45. The van der Waals surface area contributed by atoms with E-state index in [2.05, 4.69) is 25.7 Å². The van der Waals surface area contributed by atoms with Crippen LogP contribution in [0.1, 0.15) is 65.7 Å². The molecule has 3 nitrogen and oxygen atoms in total. The molecule has 0 aromatic heterocycles. The van der Waals surface area contributed by atoms with Gasteiger partial charge in [0.2, 0.25) is 5.91 Å². The predicted molar refractivity (Wildman–Crippen MR) is 90.7 cm³/mol. The molecule has 8 atom stereocenters. The molecule has 4 rings (SSSR count). The Hall–Kier alpha value is -0.570. The molecule has 0 radical (unpaired) electrons. The van der Waals surface area contributed by atoms with Gasteiger partial charge < -0.3 is 10.0 Å². The number of aliphatic hydroxyl groups is 1. The number of hydrogen-bond acceptors (Lipinski definition) is 2. The SMILES string of the molecule is C[C@H]1CC2N(C)C(=O)CC[C@]2(C)C2CC[C@]3(C)C[C@H](O)CC3C21. The molecule has 23 heavy (non-hydrogen) atoms. The van der Waals surface area contributed by atoms with Crippen LogP contribution in [0.4, 0.5) is 0 Å². The molecule has 4 fully saturated rings. The third-order valence-corrected chi connectivity index (χ3v) is 8.68. The van der Waals surface area contributed by atoms with E-state index in [1.807, 2.05) is 7.05 Å². The Bertz CT molecular complexity index is 520. The zero-order valence-electron chi connectivity index (χ0n) is 15.2. The monoisotopic (exact) mass is 319 g/mol. The number of rotatable bonds is 0. The number of aliphatic hydroxyl groups excluding tert-OH is 1. The van der Waals surface area contributed by atoms with Crippen LogP contribution in [0.5, 0.6) is 0 Å². The van der Waals surface area contributed by atoms with Gasteiger partial charge in [-0.1, -0.05) is 20.8 Å². The number of hydrogen-bond donors (Lipinski definition) is 1. The Morgan fingerprint density at radius 3 is 2.65 bits per heavy atom. The molecule has 3 saturated carbocycles. The van der Waals surface area contributed by atoms with Gasteiger partial charge >= 0.3 is 0 Å². The van der Waals surface area contributed by atoms with Gasteiger partial charge in [-0.2, -0.15) is 0 Å². The number of nitrogens with zero attached hydrogens (tertiary/aromatic N) is 1. The molecule has 1 heterocycles. The number of piperidine rings is 1. The van der Waals surface area contributed by atoms with Crippen molar-refractivity contribution < 1.29 is 9.90 Å². The van der Waals surface area contributed by atoms with E-state index in [1.54, 1.807) is 0 Å². The summed E-state index contributed by atoms with van der Waals surface area (Å²) in [5.41, 5.74) is 0.642. The summed E-state index contributed by atoms with van der Waals surface area (Å²) in [5, 5.41) is 10.3. The Balaban J connectivity index is 1.70. The highest BCUT2D eigenvalue weighted by Crippen LogP contribution is 2.65. The van der Waals surface area contributed by atoms with Crippen LogP contribution in [0.15, 0.2) is 0 Å². The minimum atomic E-state index is -0.0860. The van der Waals surface area contributed by atoms with Gasteiger partial charge in [0.05, 0.1) is 6.10 Å². The van der Waals surface area contributed by atoms with Gasteiger partial charge in [-0.15, -0.1) is 0 Å². The molecule has 4 aliphatic rings. The lowest BCUT2D eigenvalue weighted by Crippen LogP contribution is -2.62. The topological polar surface area (TPSA) is 40.5 Å². The average molecular weight is 319 g/mol. The first-order valence-corrected chi connectivity index (χ1v) is 9.70. The van der Waals surface area contributed by atoms with Crippen LogP contribution in [-0.2, 0) is 4.79 Å². The summed E-state index contributed by atoms with van der Waals surface area (Å²) in [6, 6.07) is 0.427. The summed E-state index contributed by atoms with van der Waals surface area (Å²) in [6.45, 7) is 7.32. The van der Waals surface area contributed by atoms with Crippen LogP contribution >= 0.6 is 0 Å². The molecule has 1 N–H and O–H groups in total. The van der Waals surface area contributed by atoms with Gasteiger partial charge in [0.15, 0.2) is 0 Å². The van der Waals surface area contributed by atoms with E-state index < -0.39 is 0 Å². The van der Waals surface area contributed by atoms with E-state index in [1.165, 1.54) is 12.8 Å². The van der Waals surface area contributed by atoms with Crippen LogP contribution in [-0.4, -0.2) is 35.1 Å². The van der Waals surface area contributed by atoms with Crippen molar-refractivity contribution in [3.63, 3.8) is 0 Å². The maximum atomic E-state index is 12.2. The quantitative estimate of drug-likeness (QED) is 0.743. The van der Waals surface area contributed by atoms with Gasteiger partial charge in [-0.3, -0.25) is 4.79 Å². The van der Waals surface area contributed by atoms with E-state index in [-0.39, 0.29) is 11.5 Å². The molecule has 4 unspecified atom stereocenters. The van der Waals surface area contributed by atoms with Gasteiger partial charge in [-0.05, 0) is 73.0 Å². The second-order valence-corrected chi connectivity index (χ2v) is 9.82. The molecule has 3 aliphatic carbocycles. The van der Waals surface area contributed by atoms with Crippen molar-refractivity contribution >= 4 is 5.91 Å². The third-order valence-electron chi connectivity index (χ3n) is 8.68. The van der Waals surface area contributed by atoms with E-state index in [4.69, 9.17) is 0 Å². The molecule has 3 heteroatoms. The average Bonchev–Trinajstić information content (AvgIpc) is 2.80. The summed E-state index contributed by atoms with van der Waals surface area (Å²) in [7, 11) is 2.03. The minimum Gasteiger partial charge on any atom is -0.393 e. The van der Waals surface area contributed by atoms with E-state index >= 15 is 0 Å². The Labute approximate surface area is 140 Å². The van der Waals surface area contributed by atoms with E-state index in [9.17, 15) is 9.90 Å². The first kappa shape index (κ1) is 15.9. The van der Waals surface area contributed by atoms with Crippen molar-refractivity contribution in [2.24, 2.45) is 34.5 Å². The number of carbonyl (C=O) groups is 1. The largest absolute Gasteiger partial charge is 0.393 e. The fourth-order valence-electron chi connectivity index (χ4n) is 7.49. The van der Waals surface area contributed by atoms with Crippen molar-refractivity contribution in [3.8, 4) is 0 Å². The summed E-state index contributed by atoms with van der Waals surface area (Å²) >= 11 is 0. The van der Waals surface area contributed by atoms with Gasteiger partial charge in [0.25, 0.3) is 0 Å². The Morgan fingerprint density at radius 1 is 1.17 bits per heavy atom. The smallest absolute Gasteiger partial charge is 0.222 e. The standard InChI is InChI=1S/C20H33NO2/c1-12-9-16-20(3,8-6-17(23)21(16)4)14-5-7-19(2)11-13(22)10-15(19)18(12)14/h12-16,18,22H,5-11H2,1-4H3/t12-,13+,14?,15?,16?,18?,19+,20+/m0/s1. The normalized spacial score (nSPS) is 56.0.